The molecule has 1 aromatic carbocycles. The molecule has 1 amide bonds. The molecule has 0 radical (unpaired) electrons. The Kier molecular flexibility index (Phi) is 5.44. The Balaban J connectivity index is 1.84. The third kappa shape index (κ3) is 4.78. The first-order chi connectivity index (χ1) is 12.7. The van der Waals surface area contributed by atoms with Crippen LogP contribution in [0.15, 0.2) is 23.2 Å². The number of aliphatic hydroxyl groups is 1. The number of carbonyl (C=O) groups excluding carboxylic acids is 1. The van der Waals surface area contributed by atoms with Gasteiger partial charge in [-0.1, -0.05) is 31.4 Å². The fourth-order valence-corrected chi connectivity index (χ4v) is 3.40. The van der Waals surface area contributed by atoms with Crippen molar-refractivity contribution in [3.63, 3.8) is 0 Å². The Morgan fingerprint density at radius 3 is 2.78 bits per heavy atom. The van der Waals surface area contributed by atoms with Crippen LogP contribution in [0.4, 0.5) is 5.82 Å². The maximum atomic E-state index is 12.8. The lowest BCUT2D eigenvalue weighted by atomic mass is 9.88. The Bertz CT molecular complexity index is 863. The highest BCUT2D eigenvalue weighted by Crippen LogP contribution is 2.37. The number of fused-ring (bicyclic) bond motifs is 1. The van der Waals surface area contributed by atoms with E-state index in [4.69, 9.17) is 11.6 Å². The van der Waals surface area contributed by atoms with Crippen molar-refractivity contribution in [2.24, 2.45) is 10.4 Å². The number of anilines is 1. The van der Waals surface area contributed by atoms with Crippen LogP contribution in [0.5, 0.6) is 0 Å². The van der Waals surface area contributed by atoms with E-state index in [1.807, 2.05) is 13.0 Å². The summed E-state index contributed by atoms with van der Waals surface area (Å²) in [6.45, 7) is 5.45. The molecule has 1 aromatic heterocycles. The molecule has 1 fully saturated rings. The monoisotopic (exact) mass is 391 g/mol. The zero-order valence-corrected chi connectivity index (χ0v) is 16.7. The molecule has 1 aliphatic rings. The highest BCUT2D eigenvalue weighted by Gasteiger charge is 2.36. The van der Waals surface area contributed by atoms with Crippen LogP contribution in [0.1, 0.15) is 46.5 Å². The van der Waals surface area contributed by atoms with Gasteiger partial charge in [0, 0.05) is 15.8 Å². The van der Waals surface area contributed by atoms with Crippen molar-refractivity contribution < 1.29 is 9.90 Å². The average molecular weight is 392 g/mol. The summed E-state index contributed by atoms with van der Waals surface area (Å²) in [5.74, 6) is 0.747. The second-order valence-corrected chi connectivity index (χ2v) is 8.52. The number of carbonyl (C=O) groups is 1. The largest absolute Gasteiger partial charge is 0.389 e. The van der Waals surface area contributed by atoms with Crippen LogP contribution >= 0.6 is 11.6 Å². The lowest BCUT2D eigenvalue weighted by Crippen LogP contribution is -2.44. The van der Waals surface area contributed by atoms with Gasteiger partial charge in [0.25, 0.3) is 0 Å². The second-order valence-electron chi connectivity index (χ2n) is 8.09. The molecule has 0 unspecified atom stereocenters. The number of nitrogens with zero attached hydrogens (tertiary/aromatic N) is 2. The van der Waals surface area contributed by atoms with Crippen LogP contribution in [0.3, 0.4) is 0 Å². The van der Waals surface area contributed by atoms with Gasteiger partial charge in [-0.05, 0) is 44.9 Å². The minimum atomic E-state index is -0.990. The number of nitrogens with one attached hydrogen (secondary N) is 3. The third-order valence-electron chi connectivity index (χ3n) is 4.87. The summed E-state index contributed by atoms with van der Waals surface area (Å²) in [7, 11) is 0. The number of halogens is 1. The fourth-order valence-electron chi connectivity index (χ4n) is 3.22. The number of aromatic nitrogens is 2. The fraction of sp³-hybridized carbons (Fsp3) is 0.526. The predicted molar refractivity (Wildman–Crippen MR) is 108 cm³/mol. The molecule has 0 saturated heterocycles. The number of amides is 1. The molecule has 1 saturated carbocycles. The van der Waals surface area contributed by atoms with Crippen molar-refractivity contribution in [1.29, 1.82) is 0 Å². The SMILES string of the molecule is CC(C)(O)CN=C(NC(=O)C1(C)CCCC1)Nc1n[nH]c2cc(Cl)ccc12. The molecule has 4 N–H and O–H groups in total. The summed E-state index contributed by atoms with van der Waals surface area (Å²) in [5.41, 5.74) is -0.602. The summed E-state index contributed by atoms with van der Waals surface area (Å²) in [5, 5.41) is 24.6. The normalized spacial score (nSPS) is 17.3. The van der Waals surface area contributed by atoms with Crippen LogP contribution in [0.2, 0.25) is 5.02 Å². The molecule has 1 aliphatic carbocycles. The number of guanidine groups is 1. The van der Waals surface area contributed by atoms with Gasteiger partial charge in [-0.15, -0.1) is 0 Å². The van der Waals surface area contributed by atoms with Gasteiger partial charge < -0.3 is 10.4 Å². The summed E-state index contributed by atoms with van der Waals surface area (Å²) >= 11 is 6.01. The molecule has 8 heteroatoms. The van der Waals surface area contributed by atoms with Gasteiger partial charge in [0.15, 0.2) is 5.82 Å². The standard InChI is InChI=1S/C19H26ClN5O2/c1-18(2,27)11-21-17(23-16(26)19(3)8-4-5-9-19)22-15-13-7-6-12(20)10-14(13)24-25-15/h6-7,10,27H,4-5,8-9,11H2,1-3H3,(H3,21,22,23,24,25,26). The molecule has 2 aromatic rings. The predicted octanol–water partition coefficient (Wildman–Crippen LogP) is 3.45. The molecule has 0 aliphatic heterocycles. The summed E-state index contributed by atoms with van der Waals surface area (Å²) in [6.07, 6.45) is 3.83. The van der Waals surface area contributed by atoms with E-state index in [0.717, 1.165) is 36.6 Å². The van der Waals surface area contributed by atoms with E-state index in [0.29, 0.717) is 10.8 Å². The Hall–Kier alpha value is -2.12. The van der Waals surface area contributed by atoms with Crippen LogP contribution in [-0.2, 0) is 4.79 Å². The zero-order chi connectivity index (χ0) is 19.7. The van der Waals surface area contributed by atoms with Gasteiger partial charge in [0.1, 0.15) is 0 Å². The van der Waals surface area contributed by atoms with E-state index in [1.54, 1.807) is 26.0 Å². The Labute approximate surface area is 163 Å². The molecular weight excluding hydrogens is 366 g/mol. The summed E-state index contributed by atoms with van der Waals surface area (Å²) in [6, 6.07) is 5.40. The van der Waals surface area contributed by atoms with E-state index >= 15 is 0 Å². The lowest BCUT2D eigenvalue weighted by Gasteiger charge is -2.23. The molecule has 0 bridgehead atoms. The van der Waals surface area contributed by atoms with Crippen LogP contribution in [0, 0.1) is 5.41 Å². The van der Waals surface area contributed by atoms with E-state index in [-0.39, 0.29) is 18.4 Å². The van der Waals surface area contributed by atoms with Gasteiger partial charge >= 0.3 is 0 Å². The van der Waals surface area contributed by atoms with E-state index in [9.17, 15) is 9.90 Å². The summed E-state index contributed by atoms with van der Waals surface area (Å²) < 4.78 is 0. The van der Waals surface area contributed by atoms with Crippen LogP contribution in [0.25, 0.3) is 10.9 Å². The topological polar surface area (TPSA) is 102 Å². The minimum absolute atomic E-state index is 0.0649. The number of aliphatic imine (C=N–C) groups is 1. The quantitative estimate of drug-likeness (QED) is 0.473. The number of H-pyrrole nitrogens is 1. The first-order valence-electron chi connectivity index (χ1n) is 9.15. The second kappa shape index (κ2) is 7.48. The van der Waals surface area contributed by atoms with Gasteiger partial charge in [-0.2, -0.15) is 5.10 Å². The highest BCUT2D eigenvalue weighted by molar-refractivity contribution is 6.31. The van der Waals surface area contributed by atoms with Gasteiger partial charge in [0.2, 0.25) is 11.9 Å². The van der Waals surface area contributed by atoms with E-state index < -0.39 is 11.0 Å². The maximum absolute atomic E-state index is 12.8. The van der Waals surface area contributed by atoms with Gasteiger partial charge in [-0.25, -0.2) is 4.99 Å². The van der Waals surface area contributed by atoms with Crippen molar-refractivity contribution in [3.05, 3.63) is 23.2 Å². The van der Waals surface area contributed by atoms with E-state index in [2.05, 4.69) is 25.8 Å². The van der Waals surface area contributed by atoms with Crippen molar-refractivity contribution in [3.8, 4) is 0 Å². The molecule has 7 nitrogen and oxygen atoms in total. The van der Waals surface area contributed by atoms with E-state index in [1.165, 1.54) is 0 Å². The van der Waals surface area contributed by atoms with Crippen molar-refractivity contribution in [2.75, 3.05) is 11.9 Å². The van der Waals surface area contributed by atoms with Crippen molar-refractivity contribution >= 4 is 40.2 Å². The molecular formula is C19H26ClN5O2. The first-order valence-corrected chi connectivity index (χ1v) is 9.53. The third-order valence-corrected chi connectivity index (χ3v) is 5.11. The lowest BCUT2D eigenvalue weighted by molar-refractivity contribution is -0.128. The zero-order valence-electron chi connectivity index (χ0n) is 15.9. The first kappa shape index (κ1) is 19.6. The van der Waals surface area contributed by atoms with Crippen molar-refractivity contribution in [2.45, 2.75) is 52.1 Å². The molecule has 146 valence electrons. The van der Waals surface area contributed by atoms with Crippen molar-refractivity contribution in [1.82, 2.24) is 15.5 Å². The smallest absolute Gasteiger partial charge is 0.232 e. The molecule has 1 heterocycles. The Morgan fingerprint density at radius 2 is 2.11 bits per heavy atom. The molecule has 27 heavy (non-hydrogen) atoms. The number of hydrogen-bond donors (Lipinski definition) is 4. The maximum Gasteiger partial charge on any atom is 0.232 e. The Morgan fingerprint density at radius 1 is 1.41 bits per heavy atom. The number of aromatic amines is 1. The highest BCUT2D eigenvalue weighted by atomic mass is 35.5. The number of rotatable bonds is 4. The molecule has 0 atom stereocenters. The summed E-state index contributed by atoms with van der Waals surface area (Å²) in [4.78, 5) is 17.2. The van der Waals surface area contributed by atoms with Gasteiger partial charge in [0.05, 0.1) is 17.7 Å². The average Bonchev–Trinajstić information content (AvgIpc) is 3.19. The van der Waals surface area contributed by atoms with Gasteiger partial charge in [-0.3, -0.25) is 15.2 Å². The number of hydrogen-bond acceptors (Lipinski definition) is 4. The minimum Gasteiger partial charge on any atom is -0.389 e. The van der Waals surface area contributed by atoms with Crippen LogP contribution < -0.4 is 10.6 Å². The molecule has 0 spiro atoms. The molecule has 3 rings (SSSR count). The number of benzene rings is 1. The van der Waals surface area contributed by atoms with Crippen LogP contribution in [-0.4, -0.2) is 39.3 Å².